The van der Waals surface area contributed by atoms with E-state index in [1.54, 1.807) is 48.6 Å². The molecule has 0 aromatic heterocycles. The number of carbonyl (C=O) groups is 3. The van der Waals surface area contributed by atoms with Crippen molar-refractivity contribution in [2.24, 2.45) is 0 Å². The summed E-state index contributed by atoms with van der Waals surface area (Å²) in [7, 11) is 1.64. The molecule has 0 radical (unpaired) electrons. The Hall–Kier alpha value is -2.03. The summed E-state index contributed by atoms with van der Waals surface area (Å²) in [4.78, 5) is 35.9. The molecule has 1 fully saturated rings. The second-order valence-electron chi connectivity index (χ2n) is 8.63. The zero-order valence-electron chi connectivity index (χ0n) is 17.3. The summed E-state index contributed by atoms with van der Waals surface area (Å²) in [5.74, 6) is -0.434. The lowest BCUT2D eigenvalue weighted by Gasteiger charge is -2.24. The van der Waals surface area contributed by atoms with E-state index in [0.29, 0.717) is 12.8 Å². The summed E-state index contributed by atoms with van der Waals surface area (Å²) in [5.41, 5.74) is -1.26. The molecule has 9 heteroatoms. The van der Waals surface area contributed by atoms with Gasteiger partial charge in [0.15, 0.2) is 0 Å². The van der Waals surface area contributed by atoms with Gasteiger partial charge in [-0.25, -0.2) is 9.59 Å². The Morgan fingerprint density at radius 1 is 0.889 bits per heavy atom. The zero-order valence-corrected chi connectivity index (χ0v) is 17.3. The first-order valence-corrected chi connectivity index (χ1v) is 9.12. The summed E-state index contributed by atoms with van der Waals surface area (Å²) >= 11 is 0. The topological polar surface area (TPSA) is 115 Å². The van der Waals surface area contributed by atoms with Crippen LogP contribution < -0.4 is 16.0 Å². The van der Waals surface area contributed by atoms with E-state index in [1.807, 2.05) is 0 Å². The van der Waals surface area contributed by atoms with E-state index in [2.05, 4.69) is 16.0 Å². The summed E-state index contributed by atoms with van der Waals surface area (Å²) in [6.07, 6.45) is -0.949. The lowest BCUT2D eigenvalue weighted by molar-refractivity contribution is -0.148. The predicted octanol–water partition coefficient (Wildman–Crippen LogP) is 1.70. The van der Waals surface area contributed by atoms with Gasteiger partial charge in [-0.15, -0.1) is 0 Å². The molecule has 0 aliphatic heterocycles. The maximum Gasteiger partial charge on any atom is 0.408 e. The van der Waals surface area contributed by atoms with Gasteiger partial charge in [-0.1, -0.05) is 0 Å². The van der Waals surface area contributed by atoms with Crippen molar-refractivity contribution in [1.82, 2.24) is 16.0 Å². The number of carbonyl (C=O) groups excluding carboxylic acids is 3. The molecule has 156 valence electrons. The highest BCUT2D eigenvalue weighted by molar-refractivity contribution is 5.72. The van der Waals surface area contributed by atoms with E-state index in [0.717, 1.165) is 0 Å². The minimum atomic E-state index is -0.644. The summed E-state index contributed by atoms with van der Waals surface area (Å²) < 4.78 is 16.0. The van der Waals surface area contributed by atoms with Gasteiger partial charge in [-0.3, -0.25) is 4.79 Å². The number of hydrogen-bond acceptors (Lipinski definition) is 7. The summed E-state index contributed by atoms with van der Waals surface area (Å²) in [5, 5.41) is 8.22. The van der Waals surface area contributed by atoms with Crippen molar-refractivity contribution >= 4 is 18.2 Å². The average Bonchev–Trinajstić information content (AvgIpc) is 2.75. The third kappa shape index (κ3) is 9.46. The van der Waals surface area contributed by atoms with Crippen LogP contribution in [0.2, 0.25) is 0 Å². The van der Waals surface area contributed by atoms with Gasteiger partial charge in [0, 0.05) is 12.5 Å². The van der Waals surface area contributed by atoms with E-state index in [4.69, 9.17) is 14.2 Å². The molecule has 27 heavy (non-hydrogen) atoms. The molecule has 3 N–H and O–H groups in total. The number of rotatable bonds is 5. The van der Waals surface area contributed by atoms with Crippen LogP contribution in [-0.2, 0) is 19.0 Å². The van der Waals surface area contributed by atoms with Crippen molar-refractivity contribution in [2.45, 2.75) is 83.8 Å². The molecule has 0 spiro atoms. The van der Waals surface area contributed by atoms with Gasteiger partial charge in [0.05, 0.1) is 12.6 Å². The molecule has 2 amide bonds. The molecule has 1 aliphatic rings. The van der Waals surface area contributed by atoms with E-state index >= 15 is 0 Å². The molecule has 1 rings (SSSR count). The molecule has 0 unspecified atom stereocenters. The van der Waals surface area contributed by atoms with Crippen LogP contribution in [0.15, 0.2) is 0 Å². The minimum Gasteiger partial charge on any atom is -0.459 e. The Labute approximate surface area is 160 Å². The second-order valence-corrected chi connectivity index (χ2v) is 8.63. The Bertz CT molecular complexity index is 538. The number of alkyl carbamates (subject to hydrolysis) is 2. The normalized spacial score (nSPS) is 22.7. The summed E-state index contributed by atoms with van der Waals surface area (Å²) in [6.45, 7) is 10.7. The summed E-state index contributed by atoms with van der Waals surface area (Å²) in [6, 6.07) is -0.771. The maximum absolute atomic E-state index is 12.1. The van der Waals surface area contributed by atoms with E-state index in [-0.39, 0.29) is 12.6 Å². The van der Waals surface area contributed by atoms with Crippen LogP contribution in [0.1, 0.15) is 54.4 Å². The molecule has 0 heterocycles. The lowest BCUT2D eigenvalue weighted by Crippen LogP contribution is -2.45. The molecular formula is C18H33N3O6. The quantitative estimate of drug-likeness (QED) is 0.486. The predicted molar refractivity (Wildman–Crippen MR) is 99.4 cm³/mol. The Morgan fingerprint density at radius 2 is 1.41 bits per heavy atom. The van der Waals surface area contributed by atoms with Gasteiger partial charge in [0.1, 0.15) is 17.3 Å². The van der Waals surface area contributed by atoms with Crippen LogP contribution in [0.25, 0.3) is 0 Å². The van der Waals surface area contributed by atoms with Gasteiger partial charge >= 0.3 is 18.2 Å². The first-order chi connectivity index (χ1) is 12.3. The van der Waals surface area contributed by atoms with Gasteiger partial charge in [0.2, 0.25) is 0 Å². The van der Waals surface area contributed by atoms with Crippen molar-refractivity contribution in [3.63, 3.8) is 0 Å². The number of nitrogens with one attached hydrogen (secondary N) is 3. The highest BCUT2D eigenvalue weighted by Gasteiger charge is 2.39. The van der Waals surface area contributed by atoms with E-state index in [1.165, 1.54) is 0 Å². The SMILES string of the molecule is CNCC(=O)O[C@H]1C[C@H](NC(=O)OC(C)(C)C)C[C@@H]1NC(=O)OC(C)(C)C. The van der Waals surface area contributed by atoms with Crippen molar-refractivity contribution in [2.75, 3.05) is 13.6 Å². The van der Waals surface area contributed by atoms with Crippen LogP contribution in [-0.4, -0.2) is 61.1 Å². The molecule has 1 aliphatic carbocycles. The molecule has 3 atom stereocenters. The first-order valence-electron chi connectivity index (χ1n) is 9.12. The zero-order chi connectivity index (χ0) is 20.8. The molecule has 0 bridgehead atoms. The fraction of sp³-hybridized carbons (Fsp3) is 0.833. The van der Waals surface area contributed by atoms with Crippen molar-refractivity contribution in [3.8, 4) is 0 Å². The van der Waals surface area contributed by atoms with Crippen molar-refractivity contribution in [1.29, 1.82) is 0 Å². The van der Waals surface area contributed by atoms with E-state index in [9.17, 15) is 14.4 Å². The Morgan fingerprint density at radius 3 is 1.89 bits per heavy atom. The number of esters is 1. The van der Waals surface area contributed by atoms with Crippen LogP contribution in [0.3, 0.4) is 0 Å². The number of likely N-dealkylation sites (N-methyl/N-ethyl adjacent to an activating group) is 1. The Kier molecular flexibility index (Phi) is 7.89. The Balaban J connectivity index is 2.73. The minimum absolute atomic E-state index is 0.0554. The highest BCUT2D eigenvalue weighted by atomic mass is 16.6. The molecular weight excluding hydrogens is 354 g/mol. The smallest absolute Gasteiger partial charge is 0.408 e. The van der Waals surface area contributed by atoms with Crippen LogP contribution in [0, 0.1) is 0 Å². The lowest BCUT2D eigenvalue weighted by atomic mass is 10.2. The van der Waals surface area contributed by atoms with Gasteiger partial charge < -0.3 is 30.2 Å². The van der Waals surface area contributed by atoms with Crippen LogP contribution in [0.4, 0.5) is 9.59 Å². The number of amides is 2. The molecule has 0 saturated heterocycles. The fourth-order valence-electron chi connectivity index (χ4n) is 2.69. The van der Waals surface area contributed by atoms with Crippen LogP contribution >= 0.6 is 0 Å². The van der Waals surface area contributed by atoms with Gasteiger partial charge in [0.25, 0.3) is 0 Å². The standard InChI is InChI=1S/C18H33N3O6/c1-17(2,3)26-15(23)20-11-8-12(21-16(24)27-18(4,5)6)13(9-11)25-14(22)10-19-7/h11-13,19H,8-10H2,1-7H3,(H,20,23)(H,21,24)/t11-,12+,13+/m1/s1. The fourth-order valence-corrected chi connectivity index (χ4v) is 2.69. The average molecular weight is 387 g/mol. The van der Waals surface area contributed by atoms with Gasteiger partial charge in [-0.05, 0) is 55.0 Å². The molecule has 9 nitrogen and oxygen atoms in total. The molecule has 0 aromatic carbocycles. The number of hydrogen-bond donors (Lipinski definition) is 3. The monoisotopic (exact) mass is 387 g/mol. The third-order valence-electron chi connectivity index (χ3n) is 3.53. The largest absolute Gasteiger partial charge is 0.459 e. The first kappa shape index (κ1) is 23.0. The molecule has 1 saturated carbocycles. The van der Waals surface area contributed by atoms with Crippen LogP contribution in [0.5, 0.6) is 0 Å². The number of ether oxygens (including phenoxy) is 3. The second kappa shape index (κ2) is 9.25. The third-order valence-corrected chi connectivity index (χ3v) is 3.53. The van der Waals surface area contributed by atoms with Crippen molar-refractivity contribution in [3.05, 3.63) is 0 Å². The van der Waals surface area contributed by atoms with E-state index < -0.39 is 41.5 Å². The highest BCUT2D eigenvalue weighted by Crippen LogP contribution is 2.24. The van der Waals surface area contributed by atoms with Gasteiger partial charge in [-0.2, -0.15) is 0 Å². The van der Waals surface area contributed by atoms with Crippen molar-refractivity contribution < 1.29 is 28.6 Å². The molecule has 0 aromatic rings. The maximum atomic E-state index is 12.1.